The maximum atomic E-state index is 11.6. The van der Waals surface area contributed by atoms with Gasteiger partial charge in [-0.3, -0.25) is 14.5 Å². The highest BCUT2D eigenvalue weighted by Gasteiger charge is 2.20. The summed E-state index contributed by atoms with van der Waals surface area (Å²) in [4.78, 5) is 24.7. The number of esters is 1. The molecule has 0 aliphatic carbocycles. The molecule has 1 heterocycles. The van der Waals surface area contributed by atoms with Gasteiger partial charge in [-0.05, 0) is 19.8 Å². The Morgan fingerprint density at radius 3 is 2.89 bits per heavy atom. The molecule has 1 amide bonds. The van der Waals surface area contributed by atoms with Gasteiger partial charge in [0, 0.05) is 32.1 Å². The van der Waals surface area contributed by atoms with Crippen molar-refractivity contribution in [1.29, 1.82) is 0 Å². The van der Waals surface area contributed by atoms with E-state index in [1.54, 1.807) is 6.92 Å². The van der Waals surface area contributed by atoms with Crippen molar-refractivity contribution < 1.29 is 14.3 Å². The normalized spacial score (nSPS) is 19.8. The van der Waals surface area contributed by atoms with Gasteiger partial charge in [0.25, 0.3) is 0 Å². The SMILES string of the molecule is CCOC(=O)CCCNC(=O)CN1CC[C@H](N)C1. The molecule has 0 aromatic carbocycles. The van der Waals surface area contributed by atoms with Crippen molar-refractivity contribution in [1.82, 2.24) is 10.2 Å². The number of hydrogen-bond donors (Lipinski definition) is 2. The first-order chi connectivity index (χ1) is 8.61. The van der Waals surface area contributed by atoms with Gasteiger partial charge in [-0.15, -0.1) is 0 Å². The van der Waals surface area contributed by atoms with Gasteiger partial charge in [-0.2, -0.15) is 0 Å². The fourth-order valence-corrected chi connectivity index (χ4v) is 1.96. The first kappa shape index (κ1) is 14.9. The zero-order valence-electron chi connectivity index (χ0n) is 11.0. The second-order valence-electron chi connectivity index (χ2n) is 4.54. The Bertz CT molecular complexity index is 284. The van der Waals surface area contributed by atoms with Crippen molar-refractivity contribution in [3.8, 4) is 0 Å². The lowest BCUT2D eigenvalue weighted by atomic mass is 10.3. The molecule has 0 radical (unpaired) electrons. The molecule has 6 nitrogen and oxygen atoms in total. The van der Waals surface area contributed by atoms with Gasteiger partial charge in [0.05, 0.1) is 13.2 Å². The van der Waals surface area contributed by atoms with Gasteiger partial charge in [0.2, 0.25) is 5.91 Å². The molecule has 0 saturated carbocycles. The Morgan fingerprint density at radius 2 is 2.28 bits per heavy atom. The third kappa shape index (κ3) is 5.97. The van der Waals surface area contributed by atoms with E-state index in [0.29, 0.717) is 32.5 Å². The minimum atomic E-state index is -0.211. The average Bonchev–Trinajstić information content (AvgIpc) is 2.70. The largest absolute Gasteiger partial charge is 0.466 e. The van der Waals surface area contributed by atoms with Gasteiger partial charge >= 0.3 is 5.97 Å². The standard InChI is InChI=1S/C12H23N3O3/c1-2-18-12(17)4-3-6-14-11(16)9-15-7-5-10(13)8-15/h10H,2-9,13H2,1H3,(H,14,16)/t10-/m0/s1. The molecule has 1 rings (SSSR count). The summed E-state index contributed by atoms with van der Waals surface area (Å²) in [5, 5.41) is 2.79. The Hall–Kier alpha value is -1.14. The van der Waals surface area contributed by atoms with Gasteiger partial charge in [-0.1, -0.05) is 0 Å². The number of nitrogens with one attached hydrogen (secondary N) is 1. The molecular weight excluding hydrogens is 234 g/mol. The number of carbonyl (C=O) groups is 2. The van der Waals surface area contributed by atoms with Gasteiger partial charge in [0.1, 0.15) is 0 Å². The van der Waals surface area contributed by atoms with E-state index in [-0.39, 0.29) is 17.9 Å². The van der Waals surface area contributed by atoms with E-state index >= 15 is 0 Å². The summed E-state index contributed by atoms with van der Waals surface area (Å²) in [6.07, 6.45) is 1.92. The van der Waals surface area contributed by atoms with Crippen LogP contribution in [0.5, 0.6) is 0 Å². The fourth-order valence-electron chi connectivity index (χ4n) is 1.96. The highest BCUT2D eigenvalue weighted by atomic mass is 16.5. The van der Waals surface area contributed by atoms with Crippen LogP contribution >= 0.6 is 0 Å². The monoisotopic (exact) mass is 257 g/mol. The van der Waals surface area contributed by atoms with E-state index in [2.05, 4.69) is 5.32 Å². The third-order valence-electron chi connectivity index (χ3n) is 2.86. The summed E-state index contributed by atoms with van der Waals surface area (Å²) < 4.78 is 4.79. The summed E-state index contributed by atoms with van der Waals surface area (Å²) in [7, 11) is 0. The van der Waals surface area contributed by atoms with Crippen LogP contribution in [0.1, 0.15) is 26.2 Å². The van der Waals surface area contributed by atoms with Gasteiger partial charge < -0.3 is 15.8 Å². The second kappa shape index (κ2) is 8.05. The number of hydrogen-bond acceptors (Lipinski definition) is 5. The first-order valence-corrected chi connectivity index (χ1v) is 6.52. The summed E-state index contributed by atoms with van der Waals surface area (Å²) >= 11 is 0. The highest BCUT2D eigenvalue weighted by Crippen LogP contribution is 2.05. The van der Waals surface area contributed by atoms with Crippen LogP contribution in [0.3, 0.4) is 0 Å². The van der Waals surface area contributed by atoms with Crippen LogP contribution in [-0.2, 0) is 14.3 Å². The van der Waals surface area contributed by atoms with Gasteiger partial charge in [-0.25, -0.2) is 0 Å². The Labute approximate surface area is 108 Å². The Kier molecular flexibility index (Phi) is 6.67. The molecule has 18 heavy (non-hydrogen) atoms. The topological polar surface area (TPSA) is 84.7 Å². The number of rotatable bonds is 7. The van der Waals surface area contributed by atoms with Crippen molar-refractivity contribution in [3.63, 3.8) is 0 Å². The Balaban J connectivity index is 2.01. The van der Waals surface area contributed by atoms with Crippen molar-refractivity contribution in [3.05, 3.63) is 0 Å². The molecule has 0 aromatic heterocycles. The number of nitrogens with zero attached hydrogens (tertiary/aromatic N) is 1. The van der Waals surface area contributed by atoms with Crippen LogP contribution < -0.4 is 11.1 Å². The van der Waals surface area contributed by atoms with Crippen LogP contribution in [0.4, 0.5) is 0 Å². The van der Waals surface area contributed by atoms with E-state index in [9.17, 15) is 9.59 Å². The van der Waals surface area contributed by atoms with E-state index in [0.717, 1.165) is 19.5 Å². The molecule has 0 unspecified atom stereocenters. The summed E-state index contributed by atoms with van der Waals surface area (Å²) in [5.74, 6) is -0.217. The van der Waals surface area contributed by atoms with Crippen molar-refractivity contribution >= 4 is 11.9 Å². The van der Waals surface area contributed by atoms with Gasteiger partial charge in [0.15, 0.2) is 0 Å². The maximum absolute atomic E-state index is 11.6. The summed E-state index contributed by atoms with van der Waals surface area (Å²) in [5.41, 5.74) is 5.76. The molecule has 0 aromatic rings. The molecule has 1 fully saturated rings. The molecule has 104 valence electrons. The van der Waals surface area contributed by atoms with E-state index in [1.807, 2.05) is 4.90 Å². The molecule has 0 bridgehead atoms. The minimum Gasteiger partial charge on any atom is -0.466 e. The number of carbonyl (C=O) groups excluding carboxylic acids is 2. The van der Waals surface area contributed by atoms with E-state index in [4.69, 9.17) is 10.5 Å². The average molecular weight is 257 g/mol. The molecule has 1 saturated heterocycles. The molecule has 0 spiro atoms. The first-order valence-electron chi connectivity index (χ1n) is 6.52. The smallest absolute Gasteiger partial charge is 0.305 e. The van der Waals surface area contributed by atoms with Crippen molar-refractivity contribution in [2.24, 2.45) is 5.73 Å². The minimum absolute atomic E-state index is 0.00652. The van der Waals surface area contributed by atoms with E-state index in [1.165, 1.54) is 0 Å². The van der Waals surface area contributed by atoms with Crippen molar-refractivity contribution in [2.45, 2.75) is 32.2 Å². The number of nitrogens with two attached hydrogens (primary N) is 1. The lowest BCUT2D eigenvalue weighted by Crippen LogP contribution is -2.37. The van der Waals surface area contributed by atoms with Crippen LogP contribution in [0.15, 0.2) is 0 Å². The lowest BCUT2D eigenvalue weighted by molar-refractivity contribution is -0.143. The number of ether oxygens (including phenoxy) is 1. The van der Waals surface area contributed by atoms with Crippen LogP contribution in [0, 0.1) is 0 Å². The molecule has 1 aliphatic heterocycles. The number of amides is 1. The second-order valence-corrected chi connectivity index (χ2v) is 4.54. The number of likely N-dealkylation sites (tertiary alicyclic amines) is 1. The predicted molar refractivity (Wildman–Crippen MR) is 67.9 cm³/mol. The molecule has 6 heteroatoms. The third-order valence-corrected chi connectivity index (χ3v) is 2.86. The van der Waals surface area contributed by atoms with Crippen molar-refractivity contribution in [2.75, 3.05) is 32.8 Å². The molecular formula is C12H23N3O3. The van der Waals surface area contributed by atoms with Crippen LogP contribution in [-0.4, -0.2) is 55.6 Å². The van der Waals surface area contributed by atoms with Crippen LogP contribution in [0.25, 0.3) is 0 Å². The predicted octanol–water partition coefficient (Wildman–Crippen LogP) is -0.521. The fraction of sp³-hybridized carbons (Fsp3) is 0.833. The Morgan fingerprint density at radius 1 is 1.50 bits per heavy atom. The molecule has 1 aliphatic rings. The highest BCUT2D eigenvalue weighted by molar-refractivity contribution is 5.78. The summed E-state index contributed by atoms with van der Waals surface area (Å²) in [6, 6.07) is 0.196. The molecule has 3 N–H and O–H groups in total. The summed E-state index contributed by atoms with van der Waals surface area (Å²) in [6.45, 7) is 4.76. The zero-order chi connectivity index (χ0) is 13.4. The van der Waals surface area contributed by atoms with Crippen LogP contribution in [0.2, 0.25) is 0 Å². The lowest BCUT2D eigenvalue weighted by Gasteiger charge is -2.14. The maximum Gasteiger partial charge on any atom is 0.305 e. The van der Waals surface area contributed by atoms with E-state index < -0.39 is 0 Å². The molecule has 1 atom stereocenters. The zero-order valence-corrected chi connectivity index (χ0v) is 11.0. The quantitative estimate of drug-likeness (QED) is 0.473.